The first kappa shape index (κ1) is 15.5. The van der Waals surface area contributed by atoms with Gasteiger partial charge in [0.25, 0.3) is 0 Å². The van der Waals surface area contributed by atoms with Crippen LogP contribution in [0, 0.1) is 5.92 Å². The topological polar surface area (TPSA) is 73.6 Å². The zero-order valence-electron chi connectivity index (χ0n) is 12.7. The SMILES string of the molecule is N[C@H]1[C@H]2CCO[C@H]2[C@@H]1NC(=O)CCCOCc1ccccc1. The van der Waals surface area contributed by atoms with E-state index in [4.69, 9.17) is 15.2 Å². The molecule has 3 N–H and O–H groups in total. The van der Waals surface area contributed by atoms with E-state index in [1.54, 1.807) is 0 Å². The molecule has 1 aromatic carbocycles. The van der Waals surface area contributed by atoms with Crippen LogP contribution in [-0.2, 0) is 20.9 Å². The van der Waals surface area contributed by atoms with Crippen LogP contribution in [0.25, 0.3) is 0 Å². The van der Waals surface area contributed by atoms with Crippen molar-refractivity contribution in [3.63, 3.8) is 0 Å². The molecule has 2 fully saturated rings. The summed E-state index contributed by atoms with van der Waals surface area (Å²) in [5, 5.41) is 3.00. The highest BCUT2D eigenvalue weighted by Crippen LogP contribution is 2.37. The zero-order chi connectivity index (χ0) is 15.4. The first-order valence-corrected chi connectivity index (χ1v) is 8.04. The Hall–Kier alpha value is -1.43. The van der Waals surface area contributed by atoms with Crippen LogP contribution in [-0.4, -0.2) is 37.3 Å². The van der Waals surface area contributed by atoms with E-state index < -0.39 is 0 Å². The number of hydrogen-bond acceptors (Lipinski definition) is 4. The minimum atomic E-state index is -0.00904. The van der Waals surface area contributed by atoms with Gasteiger partial charge in [-0.15, -0.1) is 0 Å². The lowest BCUT2D eigenvalue weighted by Gasteiger charge is -2.45. The van der Waals surface area contributed by atoms with Gasteiger partial charge < -0.3 is 20.5 Å². The van der Waals surface area contributed by atoms with Gasteiger partial charge in [0.15, 0.2) is 0 Å². The largest absolute Gasteiger partial charge is 0.377 e. The average molecular weight is 304 g/mol. The van der Waals surface area contributed by atoms with Crippen LogP contribution >= 0.6 is 0 Å². The van der Waals surface area contributed by atoms with Crippen molar-refractivity contribution in [2.75, 3.05) is 13.2 Å². The lowest BCUT2D eigenvalue weighted by molar-refractivity contribution is -0.126. The van der Waals surface area contributed by atoms with Gasteiger partial charge in [-0.2, -0.15) is 0 Å². The molecule has 120 valence electrons. The van der Waals surface area contributed by atoms with Crippen LogP contribution < -0.4 is 11.1 Å². The summed E-state index contributed by atoms with van der Waals surface area (Å²) in [6, 6.07) is 10.1. The van der Waals surface area contributed by atoms with Gasteiger partial charge in [-0.1, -0.05) is 30.3 Å². The maximum Gasteiger partial charge on any atom is 0.220 e. The fourth-order valence-corrected chi connectivity index (χ4v) is 3.28. The zero-order valence-corrected chi connectivity index (χ0v) is 12.7. The molecule has 3 rings (SSSR count). The minimum absolute atomic E-state index is 0.00904. The monoisotopic (exact) mass is 304 g/mol. The molecular formula is C17H24N2O3. The smallest absolute Gasteiger partial charge is 0.220 e. The molecule has 1 saturated heterocycles. The lowest BCUT2D eigenvalue weighted by Crippen LogP contribution is -2.68. The normalized spacial score (nSPS) is 29.7. The standard InChI is InChI=1S/C17H24N2O3/c18-15-13-8-10-22-17(13)16(15)19-14(20)7-4-9-21-11-12-5-2-1-3-6-12/h1-3,5-6,13,15-17H,4,7-11,18H2,(H,19,20)/t13-,15+,16-,17-/m1/s1. The van der Waals surface area contributed by atoms with Gasteiger partial charge >= 0.3 is 0 Å². The second-order valence-electron chi connectivity index (χ2n) is 6.10. The van der Waals surface area contributed by atoms with Crippen LogP contribution in [0.2, 0.25) is 0 Å². The summed E-state index contributed by atoms with van der Waals surface area (Å²) >= 11 is 0. The molecule has 5 nitrogen and oxygen atoms in total. The van der Waals surface area contributed by atoms with Crippen molar-refractivity contribution >= 4 is 5.91 Å². The van der Waals surface area contributed by atoms with Crippen LogP contribution in [0.3, 0.4) is 0 Å². The summed E-state index contributed by atoms with van der Waals surface area (Å²) < 4.78 is 11.2. The number of nitrogens with two attached hydrogens (primary N) is 1. The quantitative estimate of drug-likeness (QED) is 0.743. The molecule has 0 aromatic heterocycles. The second-order valence-corrected chi connectivity index (χ2v) is 6.10. The molecule has 1 aromatic rings. The van der Waals surface area contributed by atoms with Crippen molar-refractivity contribution in [3.05, 3.63) is 35.9 Å². The number of carbonyl (C=O) groups is 1. The second kappa shape index (κ2) is 7.22. The van der Waals surface area contributed by atoms with Crippen LogP contribution in [0.15, 0.2) is 30.3 Å². The van der Waals surface area contributed by atoms with Crippen LogP contribution in [0.4, 0.5) is 0 Å². The molecule has 5 heteroatoms. The number of rotatable bonds is 7. The predicted octanol–water partition coefficient (Wildman–Crippen LogP) is 1.21. The first-order valence-electron chi connectivity index (χ1n) is 8.04. The fraction of sp³-hybridized carbons (Fsp3) is 0.588. The number of carbonyl (C=O) groups excluding carboxylic acids is 1. The summed E-state index contributed by atoms with van der Waals surface area (Å²) in [6.45, 7) is 1.94. The van der Waals surface area contributed by atoms with Gasteiger partial charge in [-0.05, 0) is 18.4 Å². The fourth-order valence-electron chi connectivity index (χ4n) is 3.28. The lowest BCUT2D eigenvalue weighted by atomic mass is 9.72. The number of hydrogen-bond donors (Lipinski definition) is 2. The summed E-state index contributed by atoms with van der Waals surface area (Å²) in [5.74, 6) is 0.470. The molecular weight excluding hydrogens is 280 g/mol. The number of amides is 1. The molecule has 0 spiro atoms. The molecule has 1 saturated carbocycles. The van der Waals surface area contributed by atoms with Gasteiger partial charge in [0.2, 0.25) is 5.91 Å². The Bertz CT molecular complexity index is 494. The molecule has 0 bridgehead atoms. The number of ether oxygens (including phenoxy) is 2. The molecule has 1 aliphatic heterocycles. The summed E-state index contributed by atoms with van der Waals surface area (Å²) in [4.78, 5) is 11.9. The van der Waals surface area contributed by atoms with E-state index in [1.807, 2.05) is 30.3 Å². The number of fused-ring (bicyclic) bond motifs is 1. The van der Waals surface area contributed by atoms with E-state index in [-0.39, 0.29) is 24.1 Å². The molecule has 0 radical (unpaired) electrons. The number of benzene rings is 1. The molecule has 1 heterocycles. The Kier molecular flexibility index (Phi) is 5.08. The summed E-state index contributed by atoms with van der Waals surface area (Å²) in [5.41, 5.74) is 7.23. The highest BCUT2D eigenvalue weighted by atomic mass is 16.5. The Morgan fingerprint density at radius 1 is 1.36 bits per heavy atom. The first-order chi connectivity index (χ1) is 10.8. The Morgan fingerprint density at radius 2 is 2.18 bits per heavy atom. The third kappa shape index (κ3) is 3.48. The van der Waals surface area contributed by atoms with Gasteiger partial charge in [-0.3, -0.25) is 4.79 Å². The Morgan fingerprint density at radius 3 is 3.00 bits per heavy atom. The maximum atomic E-state index is 11.9. The predicted molar refractivity (Wildman–Crippen MR) is 83.1 cm³/mol. The molecule has 1 aliphatic carbocycles. The maximum absolute atomic E-state index is 11.9. The number of nitrogens with one attached hydrogen (secondary N) is 1. The van der Waals surface area contributed by atoms with Gasteiger partial charge in [0, 0.05) is 31.6 Å². The molecule has 1 amide bonds. The average Bonchev–Trinajstić information content (AvgIpc) is 2.98. The van der Waals surface area contributed by atoms with Crippen LogP contribution in [0.5, 0.6) is 0 Å². The van der Waals surface area contributed by atoms with Gasteiger partial charge in [0.05, 0.1) is 18.8 Å². The van der Waals surface area contributed by atoms with E-state index >= 15 is 0 Å². The Balaban J connectivity index is 1.28. The van der Waals surface area contributed by atoms with Crippen molar-refractivity contribution < 1.29 is 14.3 Å². The molecule has 0 unspecified atom stereocenters. The minimum Gasteiger partial charge on any atom is -0.377 e. The van der Waals surface area contributed by atoms with E-state index in [2.05, 4.69) is 5.32 Å². The highest BCUT2D eigenvalue weighted by Gasteiger charge is 2.52. The third-order valence-corrected chi connectivity index (χ3v) is 4.58. The van der Waals surface area contributed by atoms with E-state index in [0.29, 0.717) is 25.6 Å². The molecule has 22 heavy (non-hydrogen) atoms. The van der Waals surface area contributed by atoms with Crippen molar-refractivity contribution in [2.24, 2.45) is 11.7 Å². The summed E-state index contributed by atoms with van der Waals surface area (Å²) in [6.07, 6.45) is 2.34. The Labute approximate surface area is 131 Å². The molecule has 2 aliphatic rings. The van der Waals surface area contributed by atoms with Crippen LogP contribution in [0.1, 0.15) is 24.8 Å². The van der Waals surface area contributed by atoms with E-state index in [9.17, 15) is 4.79 Å². The van der Waals surface area contributed by atoms with E-state index in [1.165, 1.54) is 0 Å². The summed E-state index contributed by atoms with van der Waals surface area (Å²) in [7, 11) is 0. The molecule has 4 atom stereocenters. The van der Waals surface area contributed by atoms with Crippen molar-refractivity contribution in [1.29, 1.82) is 0 Å². The van der Waals surface area contributed by atoms with Crippen molar-refractivity contribution in [2.45, 2.75) is 44.1 Å². The third-order valence-electron chi connectivity index (χ3n) is 4.58. The highest BCUT2D eigenvalue weighted by molar-refractivity contribution is 5.76. The van der Waals surface area contributed by atoms with E-state index in [0.717, 1.165) is 25.0 Å². The van der Waals surface area contributed by atoms with Gasteiger partial charge in [0.1, 0.15) is 0 Å². The van der Waals surface area contributed by atoms with Crippen molar-refractivity contribution in [1.82, 2.24) is 5.32 Å². The van der Waals surface area contributed by atoms with Gasteiger partial charge in [-0.25, -0.2) is 0 Å². The van der Waals surface area contributed by atoms with Crippen molar-refractivity contribution in [3.8, 4) is 0 Å².